The van der Waals surface area contributed by atoms with Crippen molar-refractivity contribution in [2.45, 2.75) is 44.2 Å². The standard InChI is InChI=1S/C22H27FN2O2S/c1-3-14-24-22(27)20(4-2)25(15-17-10-12-18(23)13-11-17)21(26)16-28-19-8-6-5-7-9-19/h5-13,20H,3-4,14-16H2,1-2H3,(H,24,27). The fourth-order valence-electron chi connectivity index (χ4n) is 2.82. The summed E-state index contributed by atoms with van der Waals surface area (Å²) in [6.07, 6.45) is 1.34. The average molecular weight is 403 g/mol. The Morgan fingerprint density at radius 3 is 2.36 bits per heavy atom. The molecule has 2 aromatic rings. The van der Waals surface area contributed by atoms with Crippen molar-refractivity contribution in [1.82, 2.24) is 10.2 Å². The molecule has 1 unspecified atom stereocenters. The number of halogens is 1. The lowest BCUT2D eigenvalue weighted by atomic mass is 10.1. The molecule has 0 bridgehead atoms. The topological polar surface area (TPSA) is 49.4 Å². The van der Waals surface area contributed by atoms with Gasteiger partial charge in [0.1, 0.15) is 11.9 Å². The highest BCUT2D eigenvalue weighted by molar-refractivity contribution is 8.00. The number of carbonyl (C=O) groups excluding carboxylic acids is 2. The number of rotatable bonds is 10. The van der Waals surface area contributed by atoms with E-state index >= 15 is 0 Å². The number of hydrogen-bond acceptors (Lipinski definition) is 3. The van der Waals surface area contributed by atoms with Crippen LogP contribution < -0.4 is 5.32 Å². The molecule has 28 heavy (non-hydrogen) atoms. The van der Waals surface area contributed by atoms with Crippen molar-refractivity contribution < 1.29 is 14.0 Å². The van der Waals surface area contributed by atoms with E-state index in [0.29, 0.717) is 13.0 Å². The lowest BCUT2D eigenvalue weighted by Crippen LogP contribution is -2.49. The highest BCUT2D eigenvalue weighted by Crippen LogP contribution is 2.20. The van der Waals surface area contributed by atoms with Crippen molar-refractivity contribution in [3.8, 4) is 0 Å². The van der Waals surface area contributed by atoms with Crippen LogP contribution in [0.4, 0.5) is 4.39 Å². The van der Waals surface area contributed by atoms with Crippen LogP contribution in [0.15, 0.2) is 59.5 Å². The first-order valence-electron chi connectivity index (χ1n) is 9.54. The number of carbonyl (C=O) groups is 2. The summed E-state index contributed by atoms with van der Waals surface area (Å²) in [5, 5.41) is 2.89. The van der Waals surface area contributed by atoms with Gasteiger partial charge < -0.3 is 10.2 Å². The second kappa shape index (κ2) is 11.5. The van der Waals surface area contributed by atoms with Crippen molar-refractivity contribution in [2.24, 2.45) is 0 Å². The highest BCUT2D eigenvalue weighted by Gasteiger charge is 2.28. The number of nitrogens with zero attached hydrogens (tertiary/aromatic N) is 1. The maximum atomic E-state index is 13.2. The summed E-state index contributed by atoms with van der Waals surface area (Å²) < 4.78 is 13.2. The number of thioether (sulfide) groups is 1. The van der Waals surface area contributed by atoms with E-state index in [-0.39, 0.29) is 29.9 Å². The van der Waals surface area contributed by atoms with Gasteiger partial charge in [0, 0.05) is 18.0 Å². The quantitative estimate of drug-likeness (QED) is 0.605. The maximum absolute atomic E-state index is 13.2. The lowest BCUT2D eigenvalue weighted by molar-refractivity contribution is -0.139. The molecule has 0 saturated carbocycles. The Bertz CT molecular complexity index is 753. The van der Waals surface area contributed by atoms with E-state index in [1.54, 1.807) is 17.0 Å². The molecule has 0 aliphatic rings. The fraction of sp³-hybridized carbons (Fsp3) is 0.364. The monoisotopic (exact) mass is 402 g/mol. The van der Waals surface area contributed by atoms with E-state index in [2.05, 4.69) is 5.32 Å². The van der Waals surface area contributed by atoms with Crippen LogP contribution >= 0.6 is 11.8 Å². The Morgan fingerprint density at radius 2 is 1.75 bits per heavy atom. The molecule has 1 atom stereocenters. The summed E-state index contributed by atoms with van der Waals surface area (Å²) >= 11 is 1.44. The number of nitrogens with one attached hydrogen (secondary N) is 1. The van der Waals surface area contributed by atoms with Crippen LogP contribution in [0.2, 0.25) is 0 Å². The predicted molar refractivity (Wildman–Crippen MR) is 111 cm³/mol. The third kappa shape index (κ3) is 6.68. The Morgan fingerprint density at radius 1 is 1.07 bits per heavy atom. The summed E-state index contributed by atoms with van der Waals surface area (Å²) in [7, 11) is 0. The van der Waals surface area contributed by atoms with Gasteiger partial charge in [0.15, 0.2) is 0 Å². The van der Waals surface area contributed by atoms with Crippen LogP contribution in [-0.2, 0) is 16.1 Å². The molecule has 4 nitrogen and oxygen atoms in total. The second-order valence-corrected chi connectivity index (χ2v) is 7.51. The van der Waals surface area contributed by atoms with Crippen molar-refractivity contribution in [3.63, 3.8) is 0 Å². The van der Waals surface area contributed by atoms with Gasteiger partial charge in [-0.15, -0.1) is 11.8 Å². The summed E-state index contributed by atoms with van der Waals surface area (Å²) in [5.74, 6) is -0.349. The van der Waals surface area contributed by atoms with Crippen molar-refractivity contribution >= 4 is 23.6 Å². The molecule has 2 amide bonds. The molecular formula is C22H27FN2O2S. The molecule has 0 aromatic heterocycles. The molecule has 2 aromatic carbocycles. The van der Waals surface area contributed by atoms with E-state index < -0.39 is 6.04 Å². The van der Waals surface area contributed by atoms with E-state index in [1.807, 2.05) is 44.2 Å². The second-order valence-electron chi connectivity index (χ2n) is 6.46. The zero-order valence-electron chi connectivity index (χ0n) is 16.4. The molecule has 2 rings (SSSR count). The Labute approximate surface area is 170 Å². The van der Waals surface area contributed by atoms with E-state index in [1.165, 1.54) is 23.9 Å². The van der Waals surface area contributed by atoms with Gasteiger partial charge >= 0.3 is 0 Å². The van der Waals surface area contributed by atoms with Gasteiger partial charge in [-0.1, -0.05) is 44.2 Å². The SMILES string of the molecule is CCCNC(=O)C(CC)N(Cc1ccc(F)cc1)C(=O)CSc1ccccc1. The van der Waals surface area contributed by atoms with E-state index in [0.717, 1.165) is 16.9 Å². The molecule has 0 heterocycles. The van der Waals surface area contributed by atoms with Crippen molar-refractivity contribution in [3.05, 3.63) is 66.0 Å². The van der Waals surface area contributed by atoms with Crippen LogP contribution in [0, 0.1) is 5.82 Å². The summed E-state index contributed by atoms with van der Waals surface area (Å²) in [6, 6.07) is 15.2. The minimum atomic E-state index is -0.555. The molecular weight excluding hydrogens is 375 g/mol. The smallest absolute Gasteiger partial charge is 0.242 e. The molecule has 0 aliphatic carbocycles. The number of amides is 2. The van der Waals surface area contributed by atoms with Crippen LogP contribution in [0.1, 0.15) is 32.3 Å². The first-order chi connectivity index (χ1) is 13.5. The third-order valence-electron chi connectivity index (χ3n) is 4.31. The van der Waals surface area contributed by atoms with Gasteiger partial charge in [-0.25, -0.2) is 4.39 Å². The lowest BCUT2D eigenvalue weighted by Gasteiger charge is -2.30. The summed E-state index contributed by atoms with van der Waals surface area (Å²) in [5.41, 5.74) is 0.793. The average Bonchev–Trinajstić information content (AvgIpc) is 2.72. The molecule has 0 spiro atoms. The number of benzene rings is 2. The zero-order chi connectivity index (χ0) is 20.4. The minimum Gasteiger partial charge on any atom is -0.354 e. The van der Waals surface area contributed by atoms with Crippen LogP contribution in [0.25, 0.3) is 0 Å². The van der Waals surface area contributed by atoms with Crippen LogP contribution in [0.3, 0.4) is 0 Å². The first kappa shape index (κ1) is 22.0. The summed E-state index contributed by atoms with van der Waals surface area (Å²) in [6.45, 7) is 4.73. The maximum Gasteiger partial charge on any atom is 0.242 e. The van der Waals surface area contributed by atoms with Gasteiger partial charge in [-0.05, 0) is 42.7 Å². The zero-order valence-corrected chi connectivity index (χ0v) is 17.2. The minimum absolute atomic E-state index is 0.114. The highest BCUT2D eigenvalue weighted by atomic mass is 32.2. The molecule has 0 fully saturated rings. The molecule has 0 saturated heterocycles. The van der Waals surface area contributed by atoms with Crippen molar-refractivity contribution in [1.29, 1.82) is 0 Å². The fourth-order valence-corrected chi connectivity index (χ4v) is 3.62. The molecule has 0 aliphatic heterocycles. The molecule has 1 N–H and O–H groups in total. The molecule has 150 valence electrons. The Kier molecular flexibility index (Phi) is 9.01. The van der Waals surface area contributed by atoms with Gasteiger partial charge in [-0.3, -0.25) is 9.59 Å². The summed E-state index contributed by atoms with van der Waals surface area (Å²) in [4.78, 5) is 28.2. The molecule has 0 radical (unpaired) electrons. The first-order valence-corrected chi connectivity index (χ1v) is 10.5. The van der Waals surface area contributed by atoms with Crippen molar-refractivity contribution in [2.75, 3.05) is 12.3 Å². The Hall–Kier alpha value is -2.34. The van der Waals surface area contributed by atoms with E-state index in [4.69, 9.17) is 0 Å². The normalized spacial score (nSPS) is 11.7. The van der Waals surface area contributed by atoms with E-state index in [9.17, 15) is 14.0 Å². The Balaban J connectivity index is 2.16. The predicted octanol–water partition coefficient (Wildman–Crippen LogP) is 4.25. The van der Waals surface area contributed by atoms with Crippen LogP contribution in [0.5, 0.6) is 0 Å². The van der Waals surface area contributed by atoms with Gasteiger partial charge in [-0.2, -0.15) is 0 Å². The molecule has 6 heteroatoms. The third-order valence-corrected chi connectivity index (χ3v) is 5.30. The van der Waals surface area contributed by atoms with Gasteiger partial charge in [0.2, 0.25) is 11.8 Å². The number of hydrogen-bond donors (Lipinski definition) is 1. The van der Waals surface area contributed by atoms with Gasteiger partial charge in [0.05, 0.1) is 5.75 Å². The largest absolute Gasteiger partial charge is 0.354 e. The van der Waals surface area contributed by atoms with Crippen LogP contribution in [-0.4, -0.2) is 35.1 Å². The van der Waals surface area contributed by atoms with Gasteiger partial charge in [0.25, 0.3) is 0 Å².